The van der Waals surface area contributed by atoms with Gasteiger partial charge in [0.1, 0.15) is 0 Å². The molecule has 2 unspecified atom stereocenters. The van der Waals surface area contributed by atoms with Gasteiger partial charge in [0.25, 0.3) is 0 Å². The van der Waals surface area contributed by atoms with Crippen molar-refractivity contribution in [1.29, 1.82) is 0 Å². The Kier molecular flexibility index (Phi) is 16.1. The van der Waals surface area contributed by atoms with Crippen LogP contribution >= 0.6 is 0 Å². The predicted octanol–water partition coefficient (Wildman–Crippen LogP) is 13.3. The number of aryl methyl sites for hydroxylation is 2. The minimum Gasteiger partial charge on any atom is -0.358 e. The highest BCUT2D eigenvalue weighted by atomic mass is 14.8. The number of aliphatic imine (C=N–C) groups is 1. The number of aromatic nitrogens is 1. The fourth-order valence-corrected chi connectivity index (χ4v) is 6.13. The molecular formula is C43H62N2. The summed E-state index contributed by atoms with van der Waals surface area (Å²) in [4.78, 5) is 7.97. The van der Waals surface area contributed by atoms with Gasteiger partial charge in [-0.15, -0.1) is 0 Å². The average Bonchev–Trinajstić information content (AvgIpc) is 3.40. The third-order valence-corrected chi connectivity index (χ3v) is 8.66. The van der Waals surface area contributed by atoms with E-state index in [2.05, 4.69) is 153 Å². The van der Waals surface area contributed by atoms with Crippen LogP contribution in [-0.4, -0.2) is 10.7 Å². The lowest BCUT2D eigenvalue weighted by Gasteiger charge is -2.28. The van der Waals surface area contributed by atoms with E-state index < -0.39 is 0 Å². The number of allylic oxidation sites excluding steroid dienone is 4. The molecule has 2 aromatic carbocycles. The zero-order valence-electron chi connectivity index (χ0n) is 30.5. The van der Waals surface area contributed by atoms with Gasteiger partial charge in [-0.25, -0.2) is 0 Å². The third kappa shape index (κ3) is 12.1. The number of hydrogen-bond acceptors (Lipinski definition) is 1. The standard InChI is InChI=1S/C25H40.C18H22N2/c1-8-13-20(5)25(24-15-11-10-12-16-24)22(7)21(6)23(14-9-2)18-17-19(3)4;1-12(2)11-19-14(4)17-10-18(20-15(17)5)16-8-6-7-13(3)9-16/h10-12,15-16,19,22-23H,6,8-9,13-14,17-18H2,1-5,7H3;6-11,20H,1-5H3/b25-20+;. The summed E-state index contributed by atoms with van der Waals surface area (Å²) < 4.78 is 0. The number of hydrogen-bond donors (Lipinski definition) is 1. The Hall–Kier alpha value is -3.39. The van der Waals surface area contributed by atoms with E-state index in [0.717, 1.165) is 23.0 Å². The van der Waals surface area contributed by atoms with Gasteiger partial charge in [-0.1, -0.05) is 131 Å². The fraction of sp³-hybridized carbons (Fsp3) is 0.465. The van der Waals surface area contributed by atoms with E-state index in [1.807, 2.05) is 6.20 Å². The summed E-state index contributed by atoms with van der Waals surface area (Å²) in [5, 5.41) is 0. The molecule has 2 atom stereocenters. The first-order valence-electron chi connectivity index (χ1n) is 17.3. The van der Waals surface area contributed by atoms with Crippen LogP contribution in [0.25, 0.3) is 16.8 Å². The van der Waals surface area contributed by atoms with Crippen LogP contribution in [-0.2, 0) is 0 Å². The maximum Gasteiger partial charge on any atom is 0.0462 e. The SMILES string of the molecule is C=C(C(CCC)CCC(C)C)C(C)/C(=C(/C)CCC)c1ccccc1.CC(C)=CN=C(C)c1cc(-c2cccc(C)c2)[nH]c1C. The lowest BCUT2D eigenvalue weighted by Crippen LogP contribution is -2.14. The van der Waals surface area contributed by atoms with Gasteiger partial charge >= 0.3 is 0 Å². The maximum atomic E-state index is 4.61. The van der Waals surface area contributed by atoms with Gasteiger partial charge in [0, 0.05) is 34.8 Å². The van der Waals surface area contributed by atoms with Crippen molar-refractivity contribution in [3.05, 3.63) is 113 Å². The Morgan fingerprint density at radius 3 is 2.11 bits per heavy atom. The fourth-order valence-electron chi connectivity index (χ4n) is 6.13. The molecule has 1 aromatic heterocycles. The summed E-state index contributed by atoms with van der Waals surface area (Å²) in [6.07, 6.45) is 9.38. The molecule has 244 valence electrons. The van der Waals surface area contributed by atoms with Gasteiger partial charge in [-0.05, 0) is 101 Å². The minimum absolute atomic E-state index is 0.428. The Balaban J connectivity index is 0.000000320. The molecular weight excluding hydrogens is 544 g/mol. The van der Waals surface area contributed by atoms with Gasteiger partial charge in [-0.3, -0.25) is 4.99 Å². The molecule has 2 heteroatoms. The van der Waals surface area contributed by atoms with Crippen LogP contribution in [0.15, 0.2) is 95.2 Å². The molecule has 0 aliphatic carbocycles. The van der Waals surface area contributed by atoms with E-state index in [1.165, 1.54) is 83.1 Å². The molecule has 1 heterocycles. The van der Waals surface area contributed by atoms with Crippen LogP contribution in [0.1, 0.15) is 123 Å². The van der Waals surface area contributed by atoms with Crippen LogP contribution < -0.4 is 0 Å². The molecule has 0 saturated carbocycles. The first kappa shape index (κ1) is 37.8. The Morgan fingerprint density at radius 1 is 0.844 bits per heavy atom. The molecule has 1 N–H and O–H groups in total. The normalized spacial score (nSPS) is 13.5. The monoisotopic (exact) mass is 606 g/mol. The first-order valence-corrected chi connectivity index (χ1v) is 17.3. The van der Waals surface area contributed by atoms with E-state index in [0.29, 0.717) is 11.8 Å². The Labute approximate surface area is 276 Å². The zero-order valence-corrected chi connectivity index (χ0v) is 30.5. The van der Waals surface area contributed by atoms with Crippen molar-refractivity contribution in [3.63, 3.8) is 0 Å². The highest BCUT2D eigenvalue weighted by Gasteiger charge is 2.23. The largest absolute Gasteiger partial charge is 0.358 e. The number of nitrogens with one attached hydrogen (secondary N) is 1. The number of aromatic amines is 1. The molecule has 0 saturated heterocycles. The lowest BCUT2D eigenvalue weighted by atomic mass is 9.77. The molecule has 45 heavy (non-hydrogen) atoms. The molecule has 0 amide bonds. The smallest absolute Gasteiger partial charge is 0.0462 e. The summed E-state index contributed by atoms with van der Waals surface area (Å²) in [5.41, 5.74) is 14.1. The summed E-state index contributed by atoms with van der Waals surface area (Å²) in [7, 11) is 0. The second kappa shape index (κ2) is 19.2. The van der Waals surface area contributed by atoms with Gasteiger partial charge in [-0.2, -0.15) is 0 Å². The number of H-pyrrole nitrogens is 1. The molecule has 3 rings (SSSR count). The zero-order chi connectivity index (χ0) is 33.5. The number of rotatable bonds is 14. The van der Waals surface area contributed by atoms with E-state index in [-0.39, 0.29) is 0 Å². The van der Waals surface area contributed by atoms with E-state index in [9.17, 15) is 0 Å². The van der Waals surface area contributed by atoms with Crippen molar-refractivity contribution in [3.8, 4) is 11.3 Å². The van der Waals surface area contributed by atoms with Gasteiger partial charge in [0.2, 0.25) is 0 Å². The van der Waals surface area contributed by atoms with Crippen LogP contribution in [0.2, 0.25) is 0 Å². The Bertz CT molecular complexity index is 1420. The lowest BCUT2D eigenvalue weighted by molar-refractivity contribution is 0.426. The van der Waals surface area contributed by atoms with Gasteiger partial charge < -0.3 is 4.98 Å². The van der Waals surface area contributed by atoms with E-state index in [4.69, 9.17) is 0 Å². The van der Waals surface area contributed by atoms with Crippen molar-refractivity contribution in [2.45, 2.75) is 115 Å². The van der Waals surface area contributed by atoms with Crippen LogP contribution in [0.4, 0.5) is 0 Å². The summed E-state index contributed by atoms with van der Waals surface area (Å²) in [6.45, 7) is 28.9. The molecule has 2 nitrogen and oxygen atoms in total. The first-order chi connectivity index (χ1) is 21.4. The third-order valence-electron chi connectivity index (χ3n) is 8.66. The molecule has 0 fully saturated rings. The summed E-state index contributed by atoms with van der Waals surface area (Å²) in [5.74, 6) is 1.85. The Morgan fingerprint density at radius 2 is 1.53 bits per heavy atom. The van der Waals surface area contributed by atoms with Crippen molar-refractivity contribution >= 4 is 11.3 Å². The summed E-state index contributed by atoms with van der Waals surface area (Å²) in [6, 6.07) is 21.7. The number of benzene rings is 2. The molecule has 3 aromatic rings. The molecule has 0 aliphatic heterocycles. The highest BCUT2D eigenvalue weighted by molar-refractivity contribution is 6.01. The number of nitrogens with zero attached hydrogens (tertiary/aromatic N) is 1. The molecule has 0 bridgehead atoms. The predicted molar refractivity (Wildman–Crippen MR) is 202 cm³/mol. The van der Waals surface area contributed by atoms with Crippen molar-refractivity contribution in [1.82, 2.24) is 4.98 Å². The maximum absolute atomic E-state index is 4.61. The molecule has 0 radical (unpaired) electrons. The second-order valence-electron chi connectivity index (χ2n) is 13.6. The topological polar surface area (TPSA) is 28.1 Å². The van der Waals surface area contributed by atoms with Crippen LogP contribution in [0.5, 0.6) is 0 Å². The van der Waals surface area contributed by atoms with E-state index in [1.54, 1.807) is 0 Å². The van der Waals surface area contributed by atoms with Crippen molar-refractivity contribution < 1.29 is 0 Å². The quantitative estimate of drug-likeness (QED) is 0.140. The van der Waals surface area contributed by atoms with E-state index >= 15 is 0 Å². The van der Waals surface area contributed by atoms with Crippen molar-refractivity contribution in [2.75, 3.05) is 0 Å². The minimum atomic E-state index is 0.428. The molecule has 0 spiro atoms. The van der Waals surface area contributed by atoms with Crippen LogP contribution in [0.3, 0.4) is 0 Å². The van der Waals surface area contributed by atoms with Gasteiger partial charge in [0.15, 0.2) is 0 Å². The van der Waals surface area contributed by atoms with Crippen molar-refractivity contribution in [2.24, 2.45) is 22.7 Å². The highest BCUT2D eigenvalue weighted by Crippen LogP contribution is 2.38. The van der Waals surface area contributed by atoms with Crippen LogP contribution in [0, 0.1) is 31.6 Å². The molecule has 0 aliphatic rings. The second-order valence-corrected chi connectivity index (χ2v) is 13.6. The average molecular weight is 607 g/mol. The van der Waals surface area contributed by atoms with Gasteiger partial charge in [0.05, 0.1) is 0 Å². The summed E-state index contributed by atoms with van der Waals surface area (Å²) >= 11 is 0.